The molecule has 2 N–H and O–H groups in total. The Morgan fingerprint density at radius 3 is 2.61 bits per heavy atom. The Hall–Kier alpha value is -4.19. The van der Waals surface area contributed by atoms with Crippen molar-refractivity contribution in [3.63, 3.8) is 0 Å². The molecule has 4 heterocycles. The molecule has 1 unspecified atom stereocenters. The molecule has 1 aromatic heterocycles. The van der Waals surface area contributed by atoms with Crippen molar-refractivity contribution in [2.75, 3.05) is 16.8 Å². The summed E-state index contributed by atoms with van der Waals surface area (Å²) in [5.74, 6) is -1.08. The van der Waals surface area contributed by atoms with Gasteiger partial charge in [-0.3, -0.25) is 19.2 Å². The predicted molar refractivity (Wildman–Crippen MR) is 175 cm³/mol. The number of halogens is 1. The van der Waals surface area contributed by atoms with E-state index in [9.17, 15) is 14.7 Å². The topological polar surface area (TPSA) is 110 Å². The monoisotopic (exact) mass is 639 g/mol. The molecule has 9 nitrogen and oxygen atoms in total. The van der Waals surface area contributed by atoms with Gasteiger partial charge in [0.25, 0.3) is 5.91 Å². The Morgan fingerprint density at radius 2 is 1.85 bits per heavy atom. The number of aliphatic hydroxyl groups excluding tert-OH is 1. The fraction of sp³-hybridized carbons (Fsp3) is 0.371. The van der Waals surface area contributed by atoms with Gasteiger partial charge in [0.15, 0.2) is 5.60 Å². The van der Waals surface area contributed by atoms with Crippen LogP contribution in [0.3, 0.4) is 0 Å². The van der Waals surface area contributed by atoms with Crippen LogP contribution in [0.5, 0.6) is 0 Å². The Labute approximate surface area is 268 Å². The highest BCUT2D eigenvalue weighted by Crippen LogP contribution is 2.59. The highest BCUT2D eigenvalue weighted by molar-refractivity contribution is 6.72. The van der Waals surface area contributed by atoms with Crippen LogP contribution >= 0.6 is 0 Å². The van der Waals surface area contributed by atoms with E-state index in [2.05, 4.69) is 15.6 Å². The van der Waals surface area contributed by atoms with E-state index in [1.54, 1.807) is 22.7 Å². The highest BCUT2D eigenvalue weighted by Gasteiger charge is 2.65. The maximum Gasteiger partial charge on any atom is 0.261 e. The van der Waals surface area contributed by atoms with Gasteiger partial charge in [0.05, 0.1) is 30.0 Å². The molecule has 11 heteroatoms. The van der Waals surface area contributed by atoms with Gasteiger partial charge in [-0.2, -0.15) is 0 Å². The van der Waals surface area contributed by atoms with Crippen molar-refractivity contribution in [2.24, 2.45) is 5.92 Å². The third-order valence-electron chi connectivity index (χ3n) is 9.99. The molecule has 7 rings (SSSR count). The van der Waals surface area contributed by atoms with Crippen LogP contribution in [0.4, 0.5) is 21.2 Å². The average molecular weight is 640 g/mol. The molecule has 46 heavy (non-hydrogen) atoms. The van der Waals surface area contributed by atoms with E-state index in [1.165, 1.54) is 0 Å². The molecule has 3 aliphatic heterocycles. The number of amides is 2. The number of ether oxygens (including phenoxy) is 1. The summed E-state index contributed by atoms with van der Waals surface area (Å²) in [6, 6.07) is 23.0. The van der Waals surface area contributed by atoms with Gasteiger partial charge in [-0.05, 0) is 61.3 Å². The highest BCUT2D eigenvalue weighted by atomic mass is 28.4. The quantitative estimate of drug-likeness (QED) is 0.186. The van der Waals surface area contributed by atoms with Crippen LogP contribution < -0.4 is 10.2 Å². The van der Waals surface area contributed by atoms with Crippen molar-refractivity contribution in [1.29, 1.82) is 0 Å². The second-order valence-electron chi connectivity index (χ2n) is 13.2. The second kappa shape index (κ2) is 11.6. The molecule has 1 fully saturated rings. The van der Waals surface area contributed by atoms with Crippen molar-refractivity contribution >= 4 is 37.3 Å². The third kappa shape index (κ3) is 4.97. The summed E-state index contributed by atoms with van der Waals surface area (Å²) < 4.78 is 24.7. The smallest absolute Gasteiger partial charge is 0.261 e. The van der Waals surface area contributed by atoms with Crippen LogP contribution in [0.25, 0.3) is 0 Å². The molecule has 0 saturated carbocycles. The number of benzene rings is 3. The minimum atomic E-state index is -3.35. The largest absolute Gasteiger partial charge is 0.395 e. The van der Waals surface area contributed by atoms with Gasteiger partial charge < -0.3 is 19.3 Å². The normalized spacial score (nSPS) is 24.6. The molecule has 5 atom stereocenters. The number of fused-ring (bicyclic) bond motifs is 3. The minimum Gasteiger partial charge on any atom is -0.395 e. The molecule has 0 bridgehead atoms. The van der Waals surface area contributed by atoms with E-state index in [4.69, 9.17) is 4.74 Å². The SMILES string of the molecule is C[C@H]1[C@H]([Si](C)(C)F)[C@@H](CCn2cc(C(CO)c3ccccc3)nn2)O[C@]12C(=O)Nc1ccc(N3C(=O)CCc4ccccc43)cc12. The van der Waals surface area contributed by atoms with Crippen LogP contribution in [-0.4, -0.2) is 53.0 Å². The number of nitrogens with one attached hydrogen (secondary N) is 1. The first-order valence-corrected chi connectivity index (χ1v) is 18.9. The number of aromatic nitrogens is 3. The molecule has 4 aromatic rings. The number of hydrogen-bond donors (Lipinski definition) is 2. The van der Waals surface area contributed by atoms with Crippen LogP contribution in [0.2, 0.25) is 18.6 Å². The lowest BCUT2D eigenvalue weighted by atomic mass is 9.82. The number of hydrogen-bond acceptors (Lipinski definition) is 6. The predicted octanol–water partition coefficient (Wildman–Crippen LogP) is 5.83. The van der Waals surface area contributed by atoms with Gasteiger partial charge in [0.1, 0.15) is 0 Å². The summed E-state index contributed by atoms with van der Waals surface area (Å²) >= 11 is 0. The molecule has 0 aliphatic carbocycles. The van der Waals surface area contributed by atoms with E-state index in [1.807, 2.05) is 85.9 Å². The lowest BCUT2D eigenvalue weighted by Gasteiger charge is -2.32. The summed E-state index contributed by atoms with van der Waals surface area (Å²) in [6.45, 7) is 5.57. The van der Waals surface area contributed by atoms with E-state index in [0.717, 1.165) is 16.8 Å². The Bertz CT molecular complexity index is 1790. The average Bonchev–Trinajstić information content (AvgIpc) is 3.71. The lowest BCUT2D eigenvalue weighted by molar-refractivity contribution is -0.143. The van der Waals surface area contributed by atoms with Gasteiger partial charge in [0.2, 0.25) is 14.3 Å². The zero-order chi connectivity index (χ0) is 32.2. The zero-order valence-corrected chi connectivity index (χ0v) is 27.2. The lowest BCUT2D eigenvalue weighted by Crippen LogP contribution is -2.42. The molecule has 1 saturated heterocycles. The Kier molecular flexibility index (Phi) is 7.65. The molecule has 0 radical (unpaired) electrons. The second-order valence-corrected chi connectivity index (χ2v) is 16.9. The first kappa shape index (κ1) is 30.5. The van der Waals surface area contributed by atoms with Crippen molar-refractivity contribution in [3.8, 4) is 0 Å². The van der Waals surface area contributed by atoms with Gasteiger partial charge in [-0.25, -0.2) is 0 Å². The molecule has 3 aliphatic rings. The summed E-state index contributed by atoms with van der Waals surface area (Å²) in [5.41, 5.74) is 3.57. The fourth-order valence-corrected chi connectivity index (χ4v) is 10.4. The fourth-order valence-electron chi connectivity index (χ4n) is 7.87. The number of nitrogens with zero attached hydrogens (tertiary/aromatic N) is 4. The summed E-state index contributed by atoms with van der Waals surface area (Å²) in [7, 11) is -3.35. The standard InChI is InChI=1S/C35H38FN5O4Si/c1-22-33(46(2,3)36)31(17-18-40-20-29(38-39-40)26(21-42)23-9-5-4-6-10-23)45-35(22)27-19-25(14-15-28(27)37-34(35)44)41-30-12-8-7-11-24(30)13-16-32(41)43/h4-12,14-15,19-20,22,26,31,33,42H,13,16-18,21H2,1-3H3,(H,37,44)/t22-,26?,31+,33-,35+/m0/s1. The van der Waals surface area contributed by atoms with Crippen molar-refractivity contribution in [3.05, 3.63) is 101 Å². The number of carbonyl (C=O) groups is 2. The Morgan fingerprint density at radius 1 is 1.09 bits per heavy atom. The maximum absolute atomic E-state index is 16.2. The molecular formula is C35H38FN5O4Si. The van der Waals surface area contributed by atoms with Crippen LogP contribution in [0.1, 0.15) is 48.1 Å². The number of aliphatic hydroxyl groups is 1. The van der Waals surface area contributed by atoms with E-state index in [-0.39, 0.29) is 24.3 Å². The maximum atomic E-state index is 16.2. The number of anilines is 3. The van der Waals surface area contributed by atoms with E-state index >= 15 is 4.11 Å². The third-order valence-corrected chi connectivity index (χ3v) is 12.4. The number of carbonyl (C=O) groups excluding carboxylic acids is 2. The summed E-state index contributed by atoms with van der Waals surface area (Å²) in [5, 5.41) is 21.7. The van der Waals surface area contributed by atoms with E-state index < -0.39 is 31.6 Å². The summed E-state index contributed by atoms with van der Waals surface area (Å²) in [6.07, 6.45) is 2.76. The molecule has 238 valence electrons. The van der Waals surface area contributed by atoms with Gasteiger partial charge in [-0.1, -0.05) is 60.7 Å². The van der Waals surface area contributed by atoms with Crippen LogP contribution in [0.15, 0.2) is 79.0 Å². The van der Waals surface area contributed by atoms with E-state index in [0.29, 0.717) is 48.4 Å². The van der Waals surface area contributed by atoms with Crippen molar-refractivity contribution in [1.82, 2.24) is 15.0 Å². The number of rotatable bonds is 8. The summed E-state index contributed by atoms with van der Waals surface area (Å²) in [4.78, 5) is 28.8. The van der Waals surface area contributed by atoms with Crippen molar-refractivity contribution in [2.45, 2.75) is 69.0 Å². The number of para-hydroxylation sites is 1. The van der Waals surface area contributed by atoms with Gasteiger partial charge in [-0.15, -0.1) is 5.10 Å². The van der Waals surface area contributed by atoms with Gasteiger partial charge in [0, 0.05) is 47.6 Å². The minimum absolute atomic E-state index is 0.0127. The zero-order valence-electron chi connectivity index (χ0n) is 26.2. The van der Waals surface area contributed by atoms with Gasteiger partial charge >= 0.3 is 0 Å². The molecule has 1 spiro atoms. The van der Waals surface area contributed by atoms with Crippen LogP contribution in [0, 0.1) is 5.92 Å². The van der Waals surface area contributed by atoms with Crippen LogP contribution in [-0.2, 0) is 32.9 Å². The molecular weight excluding hydrogens is 602 g/mol. The Balaban J connectivity index is 1.19. The van der Waals surface area contributed by atoms with Crippen molar-refractivity contribution < 1.29 is 23.5 Å². The first-order valence-electron chi connectivity index (χ1n) is 15.9. The molecule has 2 amide bonds. The molecule has 3 aromatic carbocycles. The first-order chi connectivity index (χ1) is 22.1. The number of aryl methyl sites for hydroxylation is 2.